The van der Waals surface area contributed by atoms with Gasteiger partial charge >= 0.3 is 5.97 Å². The second kappa shape index (κ2) is 4.42. The van der Waals surface area contributed by atoms with Crippen molar-refractivity contribution in [3.8, 4) is 0 Å². The maximum Gasteiger partial charge on any atom is 0.321 e. The van der Waals surface area contributed by atoms with Gasteiger partial charge in [-0.2, -0.15) is 0 Å². The molecule has 3 atom stereocenters. The first-order valence-electron chi connectivity index (χ1n) is 4.79. The molecule has 0 spiro atoms. The van der Waals surface area contributed by atoms with Gasteiger partial charge in [-0.3, -0.25) is 4.79 Å². The van der Waals surface area contributed by atoms with E-state index >= 15 is 0 Å². The van der Waals surface area contributed by atoms with Gasteiger partial charge in [0.15, 0.2) is 0 Å². The van der Waals surface area contributed by atoms with E-state index in [4.69, 9.17) is 5.11 Å². The van der Waals surface area contributed by atoms with Crippen molar-refractivity contribution in [2.24, 2.45) is 11.8 Å². The summed E-state index contributed by atoms with van der Waals surface area (Å²) in [5.74, 6) is -0.170. The highest BCUT2D eigenvalue weighted by atomic mass is 16.4. The summed E-state index contributed by atoms with van der Waals surface area (Å²) in [6.07, 6.45) is 5.04. The van der Waals surface area contributed by atoms with E-state index in [0.29, 0.717) is 5.92 Å². The Morgan fingerprint density at radius 3 is 2.92 bits per heavy atom. The van der Waals surface area contributed by atoms with Crippen molar-refractivity contribution in [3.63, 3.8) is 0 Å². The van der Waals surface area contributed by atoms with Gasteiger partial charge in [0.25, 0.3) is 0 Å². The van der Waals surface area contributed by atoms with Crippen LogP contribution in [0, 0.1) is 11.8 Å². The number of rotatable bonds is 3. The smallest absolute Gasteiger partial charge is 0.321 e. The number of nitrogens with one attached hydrogen (secondary N) is 1. The molecule has 0 aliphatic carbocycles. The Morgan fingerprint density at radius 2 is 2.38 bits per heavy atom. The Labute approximate surface area is 78.8 Å². The number of carboxylic acids is 1. The van der Waals surface area contributed by atoms with Crippen LogP contribution in [0.4, 0.5) is 0 Å². The lowest BCUT2D eigenvalue weighted by Gasteiger charge is -2.14. The van der Waals surface area contributed by atoms with Crippen LogP contribution in [-0.2, 0) is 4.79 Å². The van der Waals surface area contributed by atoms with E-state index in [1.54, 1.807) is 0 Å². The molecule has 74 valence electrons. The van der Waals surface area contributed by atoms with E-state index < -0.39 is 12.0 Å². The van der Waals surface area contributed by atoms with Gasteiger partial charge in [-0.1, -0.05) is 26.0 Å². The molecule has 3 heteroatoms. The quantitative estimate of drug-likeness (QED) is 0.648. The van der Waals surface area contributed by atoms with Gasteiger partial charge in [-0.05, 0) is 18.9 Å². The molecule has 1 saturated heterocycles. The van der Waals surface area contributed by atoms with Crippen LogP contribution in [0.2, 0.25) is 0 Å². The lowest BCUT2D eigenvalue weighted by molar-refractivity contribution is -0.139. The minimum atomic E-state index is -0.741. The maximum atomic E-state index is 10.8. The average Bonchev–Trinajstić information content (AvgIpc) is 2.43. The third-order valence-electron chi connectivity index (χ3n) is 2.56. The highest BCUT2D eigenvalue weighted by molar-refractivity contribution is 5.74. The van der Waals surface area contributed by atoms with E-state index in [1.165, 1.54) is 0 Å². The molecular formula is C10H17NO2. The summed E-state index contributed by atoms with van der Waals surface area (Å²) in [4.78, 5) is 10.8. The van der Waals surface area contributed by atoms with Gasteiger partial charge in [0.05, 0.1) is 0 Å². The van der Waals surface area contributed by atoms with Crippen molar-refractivity contribution in [2.45, 2.75) is 26.3 Å². The van der Waals surface area contributed by atoms with Gasteiger partial charge in [0, 0.05) is 5.92 Å². The molecule has 1 rings (SSSR count). The van der Waals surface area contributed by atoms with Gasteiger partial charge in [0.2, 0.25) is 0 Å². The molecule has 1 aliphatic rings. The molecule has 3 unspecified atom stereocenters. The van der Waals surface area contributed by atoms with Gasteiger partial charge in [-0.15, -0.1) is 0 Å². The molecule has 0 aromatic heterocycles. The standard InChI is InChI=1S/C10H17NO2/c1-3-4-5-8-7(2)6-11-9(8)10(12)13/h4-5,7-9,11H,3,6H2,1-2H3,(H,12,13). The first-order chi connectivity index (χ1) is 6.16. The van der Waals surface area contributed by atoms with Gasteiger partial charge in [-0.25, -0.2) is 0 Å². The molecule has 13 heavy (non-hydrogen) atoms. The molecule has 0 aromatic carbocycles. The molecule has 3 nitrogen and oxygen atoms in total. The van der Waals surface area contributed by atoms with E-state index in [2.05, 4.69) is 19.2 Å². The van der Waals surface area contributed by atoms with Crippen molar-refractivity contribution in [1.82, 2.24) is 5.32 Å². The fourth-order valence-corrected chi connectivity index (χ4v) is 1.76. The summed E-state index contributed by atoms with van der Waals surface area (Å²) in [6.45, 7) is 4.94. The van der Waals surface area contributed by atoms with E-state index in [-0.39, 0.29) is 5.92 Å². The van der Waals surface area contributed by atoms with Crippen LogP contribution >= 0.6 is 0 Å². The maximum absolute atomic E-state index is 10.8. The lowest BCUT2D eigenvalue weighted by atomic mass is 9.91. The molecule has 1 fully saturated rings. The van der Waals surface area contributed by atoms with E-state index in [9.17, 15) is 4.79 Å². The zero-order chi connectivity index (χ0) is 9.84. The van der Waals surface area contributed by atoms with Crippen molar-refractivity contribution in [2.75, 3.05) is 6.54 Å². The lowest BCUT2D eigenvalue weighted by Crippen LogP contribution is -2.34. The zero-order valence-corrected chi connectivity index (χ0v) is 8.16. The van der Waals surface area contributed by atoms with Crippen molar-refractivity contribution < 1.29 is 9.90 Å². The largest absolute Gasteiger partial charge is 0.480 e. The van der Waals surface area contributed by atoms with Crippen LogP contribution in [0.5, 0.6) is 0 Å². The van der Waals surface area contributed by atoms with Crippen LogP contribution < -0.4 is 5.32 Å². The van der Waals surface area contributed by atoms with Crippen LogP contribution in [-0.4, -0.2) is 23.7 Å². The summed E-state index contributed by atoms with van der Waals surface area (Å²) >= 11 is 0. The minimum absolute atomic E-state index is 0.150. The summed E-state index contributed by atoms with van der Waals surface area (Å²) in [5, 5.41) is 11.9. The molecule has 1 aliphatic heterocycles. The fraction of sp³-hybridized carbons (Fsp3) is 0.700. The average molecular weight is 183 g/mol. The first kappa shape index (κ1) is 10.3. The Bertz CT molecular complexity index is 213. The Morgan fingerprint density at radius 1 is 1.69 bits per heavy atom. The number of allylic oxidation sites excluding steroid dienone is 1. The molecular weight excluding hydrogens is 166 g/mol. The number of hydrogen-bond donors (Lipinski definition) is 2. The molecule has 1 heterocycles. The van der Waals surface area contributed by atoms with Crippen molar-refractivity contribution >= 4 is 5.97 Å². The zero-order valence-electron chi connectivity index (χ0n) is 8.16. The van der Waals surface area contributed by atoms with Crippen LogP contribution in [0.1, 0.15) is 20.3 Å². The number of hydrogen-bond acceptors (Lipinski definition) is 2. The van der Waals surface area contributed by atoms with Crippen LogP contribution in [0.25, 0.3) is 0 Å². The summed E-state index contributed by atoms with van der Waals surface area (Å²) < 4.78 is 0. The van der Waals surface area contributed by atoms with Crippen molar-refractivity contribution in [3.05, 3.63) is 12.2 Å². The van der Waals surface area contributed by atoms with Crippen molar-refractivity contribution in [1.29, 1.82) is 0 Å². The SMILES string of the molecule is CCC=CC1C(C)CNC1C(=O)O. The summed E-state index contributed by atoms with van der Waals surface area (Å²) in [6, 6.07) is -0.391. The third-order valence-corrected chi connectivity index (χ3v) is 2.56. The van der Waals surface area contributed by atoms with Crippen LogP contribution in [0.15, 0.2) is 12.2 Å². The molecule has 0 saturated carbocycles. The van der Waals surface area contributed by atoms with Gasteiger partial charge < -0.3 is 10.4 Å². The number of carboxylic acid groups (broad SMARTS) is 1. The number of aliphatic carboxylic acids is 1. The predicted octanol–water partition coefficient (Wildman–Crippen LogP) is 1.26. The highest BCUT2D eigenvalue weighted by Crippen LogP contribution is 2.23. The third kappa shape index (κ3) is 2.31. The summed E-state index contributed by atoms with van der Waals surface area (Å²) in [5.41, 5.74) is 0. The molecule has 0 amide bonds. The topological polar surface area (TPSA) is 49.3 Å². The Balaban J connectivity index is 2.65. The predicted molar refractivity (Wildman–Crippen MR) is 51.5 cm³/mol. The second-order valence-corrected chi connectivity index (χ2v) is 3.62. The monoisotopic (exact) mass is 183 g/mol. The number of carbonyl (C=O) groups is 1. The Kier molecular flexibility index (Phi) is 3.48. The highest BCUT2D eigenvalue weighted by Gasteiger charge is 2.35. The van der Waals surface area contributed by atoms with E-state index in [0.717, 1.165) is 13.0 Å². The fourth-order valence-electron chi connectivity index (χ4n) is 1.76. The molecule has 0 radical (unpaired) electrons. The molecule has 0 aromatic rings. The summed E-state index contributed by atoms with van der Waals surface area (Å²) in [7, 11) is 0. The molecule has 0 bridgehead atoms. The van der Waals surface area contributed by atoms with Crippen LogP contribution in [0.3, 0.4) is 0 Å². The first-order valence-corrected chi connectivity index (χ1v) is 4.79. The Hall–Kier alpha value is -0.830. The molecule has 2 N–H and O–H groups in total. The normalized spacial score (nSPS) is 34.2. The van der Waals surface area contributed by atoms with Gasteiger partial charge in [0.1, 0.15) is 6.04 Å². The second-order valence-electron chi connectivity index (χ2n) is 3.62. The van der Waals surface area contributed by atoms with E-state index in [1.807, 2.05) is 12.2 Å². The minimum Gasteiger partial charge on any atom is -0.480 e.